The molecule has 0 saturated heterocycles. The Kier molecular flexibility index (Phi) is 8.10. The Hall–Kier alpha value is -0.713. The zero-order chi connectivity index (χ0) is 18.4. The van der Waals surface area contributed by atoms with Crippen LogP contribution < -0.4 is 0 Å². The molecule has 24 heavy (non-hydrogen) atoms. The number of hydrogen-bond donors (Lipinski definition) is 1. The van der Waals surface area contributed by atoms with Crippen LogP contribution in [0.5, 0.6) is 0 Å². The first-order valence-electron chi connectivity index (χ1n) is 9.27. The van der Waals surface area contributed by atoms with Gasteiger partial charge in [-0.3, -0.25) is 4.79 Å². The molecule has 0 heterocycles. The van der Waals surface area contributed by atoms with Crippen molar-refractivity contribution in [3.63, 3.8) is 0 Å². The van der Waals surface area contributed by atoms with Crippen LogP contribution in [0.25, 0.3) is 0 Å². The third-order valence-corrected chi connectivity index (χ3v) is 9.95. The van der Waals surface area contributed by atoms with Crippen LogP contribution in [0.4, 0.5) is 0 Å². The second-order valence-corrected chi connectivity index (χ2v) is 13.2. The fourth-order valence-electron chi connectivity index (χ4n) is 2.85. The quantitative estimate of drug-likeness (QED) is 0.525. The lowest BCUT2D eigenvalue weighted by Gasteiger charge is -2.42. The number of carbonyl (C=O) groups is 1. The maximum Gasteiger partial charge on any atom is 0.192 e. The van der Waals surface area contributed by atoms with E-state index in [4.69, 9.17) is 4.43 Å². The molecule has 1 rings (SSSR count). The molecule has 1 saturated carbocycles. The number of unbranched alkanes of at least 4 members (excludes halogenated alkanes) is 1. The van der Waals surface area contributed by atoms with Gasteiger partial charge in [0, 0.05) is 12.3 Å². The summed E-state index contributed by atoms with van der Waals surface area (Å²) in [5.74, 6) is -0.0722. The zero-order valence-electron chi connectivity index (χ0n) is 16.3. The molecule has 0 aromatic carbocycles. The van der Waals surface area contributed by atoms with Crippen molar-refractivity contribution in [3.05, 3.63) is 24.3 Å². The number of allylic oxidation sites excluding steroid dienone is 4. The Morgan fingerprint density at radius 2 is 1.96 bits per heavy atom. The minimum atomic E-state index is -1.89. The van der Waals surface area contributed by atoms with E-state index in [1.54, 1.807) is 0 Å². The highest BCUT2D eigenvalue weighted by Gasteiger charge is 2.42. The van der Waals surface area contributed by atoms with E-state index >= 15 is 0 Å². The molecule has 0 unspecified atom stereocenters. The van der Waals surface area contributed by atoms with Crippen LogP contribution in [0.15, 0.2) is 24.3 Å². The monoisotopic (exact) mass is 352 g/mol. The Balaban J connectivity index is 2.81. The molecule has 0 bridgehead atoms. The molecule has 3 nitrogen and oxygen atoms in total. The summed E-state index contributed by atoms with van der Waals surface area (Å²) >= 11 is 0. The van der Waals surface area contributed by atoms with Crippen molar-refractivity contribution in [2.75, 3.05) is 6.61 Å². The summed E-state index contributed by atoms with van der Waals surface area (Å²) < 4.78 is 6.47. The van der Waals surface area contributed by atoms with E-state index in [1.165, 1.54) is 0 Å². The molecule has 138 valence electrons. The summed E-state index contributed by atoms with van der Waals surface area (Å²) in [5.41, 5.74) is 0. The van der Waals surface area contributed by atoms with Gasteiger partial charge in [0.2, 0.25) is 0 Å². The third kappa shape index (κ3) is 5.98. The second-order valence-electron chi connectivity index (χ2n) is 8.46. The predicted molar refractivity (Wildman–Crippen MR) is 104 cm³/mol. The molecule has 1 aliphatic rings. The molecule has 0 amide bonds. The Labute approximate surface area is 149 Å². The van der Waals surface area contributed by atoms with Gasteiger partial charge in [-0.25, -0.2) is 0 Å². The highest BCUT2D eigenvalue weighted by molar-refractivity contribution is 6.74. The summed E-state index contributed by atoms with van der Waals surface area (Å²) in [7, 11) is -1.89. The Bertz CT molecular complexity index is 460. The number of aliphatic hydroxyl groups is 1. The third-order valence-electron chi connectivity index (χ3n) is 5.42. The topological polar surface area (TPSA) is 46.5 Å². The van der Waals surface area contributed by atoms with Crippen LogP contribution >= 0.6 is 0 Å². The summed E-state index contributed by atoms with van der Waals surface area (Å²) in [6.45, 7) is 13.2. The van der Waals surface area contributed by atoms with Crippen LogP contribution in [-0.4, -0.2) is 31.9 Å². The molecule has 0 aliphatic heterocycles. The van der Waals surface area contributed by atoms with Gasteiger partial charge < -0.3 is 9.53 Å². The lowest BCUT2D eigenvalue weighted by atomic mass is 9.77. The van der Waals surface area contributed by atoms with Gasteiger partial charge >= 0.3 is 0 Å². The Morgan fingerprint density at radius 1 is 1.29 bits per heavy atom. The van der Waals surface area contributed by atoms with Crippen molar-refractivity contribution < 1.29 is 14.3 Å². The van der Waals surface area contributed by atoms with Crippen LogP contribution in [0.1, 0.15) is 53.4 Å². The lowest BCUT2D eigenvalue weighted by Crippen LogP contribution is -2.47. The largest absolute Gasteiger partial charge is 0.413 e. The van der Waals surface area contributed by atoms with Crippen molar-refractivity contribution in [3.8, 4) is 0 Å². The fourth-order valence-corrected chi connectivity index (χ4v) is 4.21. The molecule has 4 heteroatoms. The number of aliphatic hydroxyl groups excluding tert-OH is 1. The van der Waals surface area contributed by atoms with Gasteiger partial charge in [-0.2, -0.15) is 0 Å². The van der Waals surface area contributed by atoms with Crippen molar-refractivity contribution in [2.45, 2.75) is 77.6 Å². The van der Waals surface area contributed by atoms with Gasteiger partial charge in [-0.05, 0) is 36.9 Å². The number of carbonyl (C=O) groups excluding carboxylic acids is 1. The van der Waals surface area contributed by atoms with Gasteiger partial charge in [-0.15, -0.1) is 0 Å². The second kappa shape index (κ2) is 9.11. The van der Waals surface area contributed by atoms with E-state index < -0.39 is 8.32 Å². The first kappa shape index (κ1) is 21.3. The average Bonchev–Trinajstić information content (AvgIpc) is 2.45. The van der Waals surface area contributed by atoms with Gasteiger partial charge in [-0.1, -0.05) is 58.4 Å². The minimum absolute atomic E-state index is 0.0181. The number of hydrogen-bond acceptors (Lipinski definition) is 3. The number of ketones is 1. The Morgan fingerprint density at radius 3 is 2.50 bits per heavy atom. The van der Waals surface area contributed by atoms with Crippen molar-refractivity contribution in [1.82, 2.24) is 0 Å². The molecule has 0 aromatic rings. The van der Waals surface area contributed by atoms with Crippen LogP contribution in [0, 0.1) is 11.8 Å². The number of rotatable bonds is 7. The molecule has 1 aliphatic carbocycles. The first-order chi connectivity index (χ1) is 11.1. The highest BCUT2D eigenvalue weighted by Crippen LogP contribution is 2.40. The van der Waals surface area contributed by atoms with Crippen molar-refractivity contribution in [1.29, 1.82) is 0 Å². The molecule has 3 atom stereocenters. The normalized spacial score (nSPS) is 26.6. The molecular formula is C20H36O3Si. The van der Waals surface area contributed by atoms with Crippen molar-refractivity contribution >= 4 is 14.1 Å². The van der Waals surface area contributed by atoms with Gasteiger partial charge in [0.1, 0.15) is 5.78 Å². The zero-order valence-corrected chi connectivity index (χ0v) is 17.3. The van der Waals surface area contributed by atoms with Crippen LogP contribution in [0.2, 0.25) is 18.1 Å². The predicted octanol–water partition coefficient (Wildman–Crippen LogP) is 4.88. The van der Waals surface area contributed by atoms with Crippen LogP contribution in [-0.2, 0) is 9.22 Å². The highest BCUT2D eigenvalue weighted by atomic mass is 28.4. The average molecular weight is 353 g/mol. The van der Waals surface area contributed by atoms with E-state index in [0.29, 0.717) is 6.42 Å². The standard InChI is InChI=1S/C20H36O3Si/c1-7-8-9-10-11-12-16-13-17(14-19(22)18(16)15-21)23-24(5,6)20(2,3)4/h9-12,16-18,21H,7-8,13-15H2,1-6H3/b10-9+,12-11+/t16-,17-,18+/m1/s1. The maximum atomic E-state index is 12.4. The fraction of sp³-hybridized carbons (Fsp3) is 0.750. The van der Waals surface area contributed by atoms with Gasteiger partial charge in [0.15, 0.2) is 8.32 Å². The van der Waals surface area contributed by atoms with Gasteiger partial charge in [0.05, 0.1) is 12.7 Å². The first-order valence-corrected chi connectivity index (χ1v) is 12.2. The molecule has 0 radical (unpaired) electrons. The summed E-state index contributed by atoms with van der Waals surface area (Å²) in [5, 5.41) is 9.75. The van der Waals surface area contributed by atoms with Gasteiger partial charge in [0.25, 0.3) is 0 Å². The summed E-state index contributed by atoms with van der Waals surface area (Å²) in [6, 6.07) is 0. The van der Waals surface area contributed by atoms with Crippen LogP contribution in [0.3, 0.4) is 0 Å². The minimum Gasteiger partial charge on any atom is -0.413 e. The SMILES string of the molecule is CCC/C=C/C=C/[C@@H]1C[C@@H](O[Si](C)(C)C(C)(C)C)CC(=O)[C@H]1CO. The van der Waals surface area contributed by atoms with E-state index in [2.05, 4.69) is 52.9 Å². The van der Waals surface area contributed by atoms with Crippen molar-refractivity contribution in [2.24, 2.45) is 11.8 Å². The van der Waals surface area contributed by atoms with E-state index in [1.807, 2.05) is 12.2 Å². The van der Waals surface area contributed by atoms with E-state index in [9.17, 15) is 9.90 Å². The maximum absolute atomic E-state index is 12.4. The summed E-state index contributed by atoms with van der Waals surface area (Å²) in [6.07, 6.45) is 11.7. The summed E-state index contributed by atoms with van der Waals surface area (Å²) in [4.78, 5) is 12.4. The molecule has 1 N–H and O–H groups in total. The molecule has 0 spiro atoms. The molecular weight excluding hydrogens is 316 g/mol. The van der Waals surface area contributed by atoms with E-state index in [0.717, 1.165) is 19.3 Å². The smallest absolute Gasteiger partial charge is 0.192 e. The molecule has 1 fully saturated rings. The number of Topliss-reactive ketones (excluding diaryl/α,β-unsaturated/α-hetero) is 1. The lowest BCUT2D eigenvalue weighted by molar-refractivity contribution is -0.130. The van der Waals surface area contributed by atoms with E-state index in [-0.39, 0.29) is 35.4 Å². The molecule has 0 aromatic heterocycles.